The quantitative estimate of drug-likeness (QED) is 0.849. The minimum atomic E-state index is -0.463. The van der Waals surface area contributed by atoms with Crippen molar-refractivity contribution in [3.8, 4) is 6.07 Å². The van der Waals surface area contributed by atoms with Crippen LogP contribution in [0.25, 0.3) is 0 Å². The second-order valence-corrected chi connectivity index (χ2v) is 5.39. The molecule has 1 unspecified atom stereocenters. The van der Waals surface area contributed by atoms with Crippen LogP contribution in [0.15, 0.2) is 36.7 Å². The number of nitrogens with zero attached hydrogens (tertiary/aromatic N) is 6. The van der Waals surface area contributed by atoms with Crippen LogP contribution in [0.1, 0.15) is 17.3 Å². The molecule has 2 aromatic rings. The van der Waals surface area contributed by atoms with Gasteiger partial charge in [-0.05, 0) is 25.2 Å². The van der Waals surface area contributed by atoms with E-state index in [1.165, 1.54) is 0 Å². The molecule has 0 spiro atoms. The fraction of sp³-hybridized carbons (Fsp3) is 0.375. The van der Waals surface area contributed by atoms with E-state index in [0.717, 1.165) is 26.2 Å². The van der Waals surface area contributed by atoms with Gasteiger partial charge in [0.25, 0.3) is 0 Å². The lowest BCUT2D eigenvalue weighted by molar-refractivity contribution is 0.311. The summed E-state index contributed by atoms with van der Waals surface area (Å²) in [6.07, 6.45) is 3.42. The minimum absolute atomic E-state index is 0.463. The Morgan fingerprint density at radius 1 is 1.05 bits per heavy atom. The summed E-state index contributed by atoms with van der Waals surface area (Å²) < 4.78 is 0. The molecule has 0 amide bonds. The Morgan fingerprint density at radius 3 is 2.55 bits per heavy atom. The summed E-state index contributed by atoms with van der Waals surface area (Å²) in [5.74, 6) is 0.234. The molecular formula is C16H18N6. The summed E-state index contributed by atoms with van der Waals surface area (Å²) in [5.41, 5.74) is 1.41. The van der Waals surface area contributed by atoms with Gasteiger partial charge in [0.2, 0.25) is 5.95 Å². The lowest BCUT2D eigenvalue weighted by Crippen LogP contribution is -2.45. The van der Waals surface area contributed by atoms with E-state index in [1.54, 1.807) is 18.5 Å². The van der Waals surface area contributed by atoms with Crippen LogP contribution in [0.5, 0.6) is 0 Å². The molecule has 3 heterocycles. The number of aromatic nitrogens is 3. The van der Waals surface area contributed by atoms with Crippen molar-refractivity contribution in [1.29, 1.82) is 5.26 Å². The van der Waals surface area contributed by atoms with Gasteiger partial charge >= 0.3 is 0 Å². The zero-order valence-corrected chi connectivity index (χ0v) is 12.6. The molecule has 1 aliphatic heterocycles. The van der Waals surface area contributed by atoms with Gasteiger partial charge < -0.3 is 9.80 Å². The van der Waals surface area contributed by atoms with E-state index in [9.17, 15) is 5.26 Å². The Morgan fingerprint density at radius 2 is 1.86 bits per heavy atom. The molecule has 1 saturated heterocycles. The van der Waals surface area contributed by atoms with Crippen LogP contribution in [0.4, 0.5) is 5.95 Å². The maximum atomic E-state index is 9.50. The molecule has 6 heteroatoms. The Balaban J connectivity index is 1.86. The van der Waals surface area contributed by atoms with E-state index >= 15 is 0 Å². The highest BCUT2D eigenvalue weighted by Crippen LogP contribution is 2.22. The van der Waals surface area contributed by atoms with E-state index in [1.807, 2.05) is 18.2 Å². The average molecular weight is 294 g/mol. The van der Waals surface area contributed by atoms with Gasteiger partial charge in [0.15, 0.2) is 0 Å². The van der Waals surface area contributed by atoms with Crippen LogP contribution in [-0.2, 0) is 0 Å². The molecular weight excluding hydrogens is 276 g/mol. The van der Waals surface area contributed by atoms with Crippen molar-refractivity contribution in [3.63, 3.8) is 0 Å². The van der Waals surface area contributed by atoms with Crippen molar-refractivity contribution in [1.82, 2.24) is 19.9 Å². The van der Waals surface area contributed by atoms with Gasteiger partial charge in [0.1, 0.15) is 5.92 Å². The standard InChI is InChI=1S/C16H18N6/c1-21-8-10-22(11-9-21)16-19-7-5-15(20-16)13(12-17)14-4-2-3-6-18-14/h2-7,13H,8-11H2,1H3. The largest absolute Gasteiger partial charge is 0.338 e. The average Bonchev–Trinajstić information content (AvgIpc) is 2.57. The number of anilines is 1. The van der Waals surface area contributed by atoms with Gasteiger partial charge in [-0.3, -0.25) is 4.98 Å². The molecule has 0 saturated carbocycles. The second kappa shape index (κ2) is 6.50. The highest BCUT2D eigenvalue weighted by Gasteiger charge is 2.20. The maximum Gasteiger partial charge on any atom is 0.225 e. The fourth-order valence-electron chi connectivity index (χ4n) is 2.51. The van der Waals surface area contributed by atoms with E-state index in [-0.39, 0.29) is 0 Å². The Hall–Kier alpha value is -2.52. The van der Waals surface area contributed by atoms with Crippen molar-refractivity contribution in [2.24, 2.45) is 0 Å². The highest BCUT2D eigenvalue weighted by atomic mass is 15.3. The predicted molar refractivity (Wildman–Crippen MR) is 83.4 cm³/mol. The normalized spacial score (nSPS) is 17.0. The number of hydrogen-bond donors (Lipinski definition) is 0. The summed E-state index contributed by atoms with van der Waals surface area (Å²) in [6.45, 7) is 3.80. The summed E-state index contributed by atoms with van der Waals surface area (Å²) >= 11 is 0. The van der Waals surface area contributed by atoms with Gasteiger partial charge in [-0.2, -0.15) is 5.26 Å². The number of rotatable bonds is 3. The van der Waals surface area contributed by atoms with Crippen LogP contribution in [0, 0.1) is 11.3 Å². The van der Waals surface area contributed by atoms with Crippen LogP contribution in [-0.4, -0.2) is 53.1 Å². The van der Waals surface area contributed by atoms with Gasteiger partial charge in [-0.15, -0.1) is 0 Å². The van der Waals surface area contributed by atoms with Crippen molar-refractivity contribution in [2.45, 2.75) is 5.92 Å². The Kier molecular flexibility index (Phi) is 4.26. The van der Waals surface area contributed by atoms with E-state index < -0.39 is 5.92 Å². The molecule has 0 bridgehead atoms. The second-order valence-electron chi connectivity index (χ2n) is 5.39. The summed E-state index contributed by atoms with van der Waals surface area (Å²) in [6, 6.07) is 9.66. The minimum Gasteiger partial charge on any atom is -0.338 e. The van der Waals surface area contributed by atoms with Crippen molar-refractivity contribution < 1.29 is 0 Å². The van der Waals surface area contributed by atoms with Gasteiger partial charge in [-0.1, -0.05) is 6.07 Å². The van der Waals surface area contributed by atoms with E-state index in [0.29, 0.717) is 17.3 Å². The molecule has 0 N–H and O–H groups in total. The third-order valence-electron chi connectivity index (χ3n) is 3.86. The third-order valence-corrected chi connectivity index (χ3v) is 3.86. The first-order valence-corrected chi connectivity index (χ1v) is 7.35. The summed E-state index contributed by atoms with van der Waals surface area (Å²) in [7, 11) is 2.11. The molecule has 1 aliphatic rings. The van der Waals surface area contributed by atoms with Crippen molar-refractivity contribution in [2.75, 3.05) is 38.1 Å². The number of nitriles is 1. The first-order chi connectivity index (χ1) is 10.8. The Bertz CT molecular complexity index is 658. The van der Waals surface area contributed by atoms with E-state index in [4.69, 9.17) is 0 Å². The molecule has 2 aromatic heterocycles. The molecule has 0 radical (unpaired) electrons. The fourth-order valence-corrected chi connectivity index (χ4v) is 2.51. The van der Waals surface area contributed by atoms with Gasteiger partial charge in [-0.25, -0.2) is 9.97 Å². The highest BCUT2D eigenvalue weighted by molar-refractivity contribution is 5.36. The van der Waals surface area contributed by atoms with E-state index in [2.05, 4.69) is 37.9 Å². The maximum absolute atomic E-state index is 9.50. The number of piperazine rings is 1. The van der Waals surface area contributed by atoms with Crippen LogP contribution >= 0.6 is 0 Å². The monoisotopic (exact) mass is 294 g/mol. The van der Waals surface area contributed by atoms with Gasteiger partial charge in [0.05, 0.1) is 17.5 Å². The molecule has 0 aromatic carbocycles. The first kappa shape index (κ1) is 14.4. The molecule has 112 valence electrons. The molecule has 1 atom stereocenters. The molecule has 22 heavy (non-hydrogen) atoms. The first-order valence-electron chi connectivity index (χ1n) is 7.35. The SMILES string of the molecule is CN1CCN(c2nccc(C(C#N)c3ccccn3)n2)CC1. The smallest absolute Gasteiger partial charge is 0.225 e. The third kappa shape index (κ3) is 3.05. The zero-order chi connectivity index (χ0) is 15.4. The number of likely N-dealkylation sites (N-methyl/N-ethyl adjacent to an activating group) is 1. The molecule has 6 nitrogen and oxygen atoms in total. The number of pyridine rings is 1. The lowest BCUT2D eigenvalue weighted by atomic mass is 10.0. The predicted octanol–water partition coefficient (Wildman–Crippen LogP) is 1.28. The van der Waals surface area contributed by atoms with Crippen molar-refractivity contribution in [3.05, 3.63) is 48.0 Å². The zero-order valence-electron chi connectivity index (χ0n) is 12.6. The van der Waals surface area contributed by atoms with Crippen LogP contribution in [0.2, 0.25) is 0 Å². The number of hydrogen-bond acceptors (Lipinski definition) is 6. The molecule has 0 aliphatic carbocycles. The lowest BCUT2D eigenvalue weighted by Gasteiger charge is -2.32. The molecule has 1 fully saturated rings. The topological polar surface area (TPSA) is 68.9 Å². The molecule has 3 rings (SSSR count). The summed E-state index contributed by atoms with van der Waals surface area (Å²) in [5, 5.41) is 9.50. The van der Waals surface area contributed by atoms with Crippen molar-refractivity contribution >= 4 is 5.95 Å². The Labute approximate surface area is 130 Å². The van der Waals surface area contributed by atoms with Crippen LogP contribution in [0.3, 0.4) is 0 Å². The summed E-state index contributed by atoms with van der Waals surface area (Å²) in [4.78, 5) is 17.7. The van der Waals surface area contributed by atoms with Gasteiger partial charge in [0, 0.05) is 38.6 Å². The van der Waals surface area contributed by atoms with Crippen LogP contribution < -0.4 is 4.90 Å².